The van der Waals surface area contributed by atoms with Crippen LogP contribution in [0.3, 0.4) is 0 Å². The van der Waals surface area contributed by atoms with E-state index in [1.54, 1.807) is 17.9 Å². The van der Waals surface area contributed by atoms with Crippen molar-refractivity contribution in [2.75, 3.05) is 23.0 Å². The van der Waals surface area contributed by atoms with Crippen molar-refractivity contribution >= 4 is 88.9 Å². The molecular weight excluding hydrogens is 528 g/mol. The van der Waals surface area contributed by atoms with Crippen LogP contribution in [0.4, 0.5) is 0 Å². The number of hydrogen-bond donors (Lipinski definition) is 0. The minimum atomic E-state index is 0.373. The van der Waals surface area contributed by atoms with Crippen molar-refractivity contribution in [1.29, 1.82) is 0 Å². The van der Waals surface area contributed by atoms with Gasteiger partial charge in [0.1, 0.15) is 0 Å². The van der Waals surface area contributed by atoms with E-state index in [0.29, 0.717) is 41.8 Å². The molecule has 3 saturated heterocycles. The fourth-order valence-electron chi connectivity index (χ4n) is 1.77. The molecule has 3 aliphatic rings. The molecule has 3 aliphatic heterocycles. The van der Waals surface area contributed by atoms with Crippen LogP contribution in [-0.4, -0.2) is 85.9 Å². The summed E-state index contributed by atoms with van der Waals surface area (Å²) in [6, 6.07) is 0. The number of rotatable bonds is 8. The third kappa shape index (κ3) is 6.39. The van der Waals surface area contributed by atoms with Crippen LogP contribution < -0.4 is 0 Å². The normalized spacial score (nSPS) is 38.7. The first kappa shape index (κ1) is 15.9. The fourth-order valence-corrected chi connectivity index (χ4v) is 18.0. The van der Waals surface area contributed by atoms with Gasteiger partial charge in [0, 0.05) is 0 Å². The van der Waals surface area contributed by atoms with Crippen molar-refractivity contribution in [3.05, 3.63) is 0 Å². The molecule has 4 unspecified atom stereocenters. The first-order valence-corrected chi connectivity index (χ1v) is 17.3. The van der Waals surface area contributed by atoms with Crippen LogP contribution in [0.2, 0.25) is 17.9 Å². The molecule has 0 aromatic heterocycles. The summed E-state index contributed by atoms with van der Waals surface area (Å²) in [4.78, 5) is 0. The summed E-state index contributed by atoms with van der Waals surface area (Å²) < 4.78 is 6.52. The number of thioether (sulfide) groups is 4. The SMILES string of the molecule is C1SC1C[Te]CC1CSC(C[Te]CC2CS2)CS1. The van der Waals surface area contributed by atoms with Gasteiger partial charge < -0.3 is 0 Å². The molecule has 104 valence electrons. The van der Waals surface area contributed by atoms with Crippen LogP contribution in [0.25, 0.3) is 0 Å². The molecule has 0 N–H and O–H groups in total. The quantitative estimate of drug-likeness (QED) is 0.337. The van der Waals surface area contributed by atoms with Crippen molar-refractivity contribution in [3.63, 3.8) is 0 Å². The van der Waals surface area contributed by atoms with Gasteiger partial charge in [0.25, 0.3) is 0 Å². The predicted octanol–water partition coefficient (Wildman–Crippen LogP) is 3.52. The van der Waals surface area contributed by atoms with E-state index in [9.17, 15) is 0 Å². The van der Waals surface area contributed by atoms with Gasteiger partial charge in [-0.15, -0.1) is 0 Å². The second kappa shape index (κ2) is 8.57. The standard InChI is InChI=1S/C12H20S4Te2/c1-9(13-1)5-17-7-11-3-16-12(4-15-11)8-18-6-10-2-14-10/h9-12H,1-8H2. The number of hydrogen-bond acceptors (Lipinski definition) is 4. The third-order valence-corrected chi connectivity index (χ3v) is 18.1. The average molecular weight is 548 g/mol. The summed E-state index contributed by atoms with van der Waals surface area (Å²) in [5.41, 5.74) is 0. The monoisotopic (exact) mass is 552 g/mol. The van der Waals surface area contributed by atoms with Gasteiger partial charge in [0.15, 0.2) is 0 Å². The molecule has 0 spiro atoms. The Morgan fingerprint density at radius 2 is 0.833 bits per heavy atom. The molecule has 18 heavy (non-hydrogen) atoms. The minimum absolute atomic E-state index is 0.373. The molecule has 0 amide bonds. The molecule has 3 heterocycles. The Balaban J connectivity index is 1.21. The van der Waals surface area contributed by atoms with Gasteiger partial charge in [-0.1, -0.05) is 0 Å². The van der Waals surface area contributed by atoms with E-state index >= 15 is 0 Å². The molecule has 0 aromatic carbocycles. The Morgan fingerprint density at radius 1 is 0.556 bits per heavy atom. The van der Waals surface area contributed by atoms with Crippen LogP contribution >= 0.6 is 47.0 Å². The molecule has 3 fully saturated rings. The van der Waals surface area contributed by atoms with Gasteiger partial charge in [-0.2, -0.15) is 0 Å². The molecule has 0 saturated carbocycles. The first-order chi connectivity index (χ1) is 8.90. The molecule has 6 heteroatoms. The van der Waals surface area contributed by atoms with E-state index in [4.69, 9.17) is 0 Å². The Kier molecular flexibility index (Phi) is 7.55. The molecule has 4 atom stereocenters. The maximum absolute atomic E-state index is 2.34. The van der Waals surface area contributed by atoms with Gasteiger partial charge in [-0.3, -0.25) is 0 Å². The summed E-state index contributed by atoms with van der Waals surface area (Å²) in [6.45, 7) is 0. The van der Waals surface area contributed by atoms with Crippen molar-refractivity contribution < 1.29 is 0 Å². The summed E-state index contributed by atoms with van der Waals surface area (Å²) in [5.74, 6) is 5.96. The van der Waals surface area contributed by atoms with Gasteiger partial charge >= 0.3 is 151 Å². The Bertz CT molecular complexity index is 224. The third-order valence-electron chi connectivity index (χ3n) is 3.06. The van der Waals surface area contributed by atoms with E-state index in [1.165, 1.54) is 23.0 Å². The zero-order chi connectivity index (χ0) is 12.2. The van der Waals surface area contributed by atoms with E-state index in [-0.39, 0.29) is 0 Å². The van der Waals surface area contributed by atoms with E-state index < -0.39 is 0 Å². The second-order valence-electron chi connectivity index (χ2n) is 4.90. The molecule has 0 nitrogen and oxygen atoms in total. The Morgan fingerprint density at radius 3 is 1.06 bits per heavy atom. The summed E-state index contributed by atoms with van der Waals surface area (Å²) in [5, 5.41) is 4.34. The summed E-state index contributed by atoms with van der Waals surface area (Å²) in [6.07, 6.45) is 0. The van der Waals surface area contributed by atoms with Gasteiger partial charge in [-0.05, 0) is 0 Å². The van der Waals surface area contributed by atoms with Gasteiger partial charge in [-0.25, -0.2) is 0 Å². The van der Waals surface area contributed by atoms with Crippen LogP contribution in [0.1, 0.15) is 0 Å². The average Bonchev–Trinajstić information content (AvgIpc) is 3.25. The van der Waals surface area contributed by atoms with Crippen LogP contribution in [0.5, 0.6) is 0 Å². The van der Waals surface area contributed by atoms with E-state index in [1.807, 2.05) is 0 Å². The van der Waals surface area contributed by atoms with Crippen molar-refractivity contribution in [1.82, 2.24) is 0 Å². The molecule has 0 aromatic rings. The second-order valence-corrected chi connectivity index (χ2v) is 16.4. The summed E-state index contributed by atoms with van der Waals surface area (Å²) >= 11 is 9.81. The van der Waals surface area contributed by atoms with E-state index in [2.05, 4.69) is 47.0 Å². The first-order valence-electron chi connectivity index (χ1n) is 6.52. The van der Waals surface area contributed by atoms with Crippen LogP contribution in [-0.2, 0) is 0 Å². The van der Waals surface area contributed by atoms with Crippen molar-refractivity contribution in [3.8, 4) is 0 Å². The molecule has 0 radical (unpaired) electrons. The zero-order valence-corrected chi connectivity index (χ0v) is 18.3. The van der Waals surface area contributed by atoms with Crippen molar-refractivity contribution in [2.24, 2.45) is 0 Å². The molecular formula is C12H20S4Te2. The molecule has 0 aliphatic carbocycles. The zero-order valence-electron chi connectivity index (χ0n) is 10.4. The summed E-state index contributed by atoms with van der Waals surface area (Å²) in [7, 11) is 0. The van der Waals surface area contributed by atoms with Crippen molar-refractivity contribution in [2.45, 2.75) is 38.9 Å². The van der Waals surface area contributed by atoms with Gasteiger partial charge in [0.2, 0.25) is 0 Å². The van der Waals surface area contributed by atoms with Gasteiger partial charge in [0.05, 0.1) is 0 Å². The molecule has 3 rings (SSSR count). The van der Waals surface area contributed by atoms with E-state index in [0.717, 1.165) is 21.0 Å². The van der Waals surface area contributed by atoms with Crippen LogP contribution in [0, 0.1) is 0 Å². The Hall–Kier alpha value is 2.98. The Labute approximate surface area is 149 Å². The fraction of sp³-hybridized carbons (Fsp3) is 1.00. The topological polar surface area (TPSA) is 0 Å². The van der Waals surface area contributed by atoms with Crippen LogP contribution in [0.15, 0.2) is 0 Å². The molecule has 0 bridgehead atoms. The maximum atomic E-state index is 2.34. The predicted molar refractivity (Wildman–Crippen MR) is 95.7 cm³/mol.